The van der Waals surface area contributed by atoms with Gasteiger partial charge >= 0.3 is 0 Å². The van der Waals surface area contributed by atoms with Gasteiger partial charge in [-0.3, -0.25) is 0 Å². The Kier molecular flexibility index (Phi) is 5.31. The van der Waals surface area contributed by atoms with Crippen molar-refractivity contribution in [2.24, 2.45) is 0 Å². The lowest BCUT2D eigenvalue weighted by Crippen LogP contribution is -2.03. The van der Waals surface area contributed by atoms with E-state index in [1.54, 1.807) is 0 Å². The minimum absolute atomic E-state index is 1.21. The van der Waals surface area contributed by atoms with Crippen LogP contribution in [0.2, 0.25) is 0 Å². The maximum Gasteiger partial charge on any atom is 0.0214 e. The van der Waals surface area contributed by atoms with E-state index in [1.807, 2.05) is 0 Å². The number of hydrogen-bond acceptors (Lipinski definition) is 0. The van der Waals surface area contributed by atoms with E-state index in [0.29, 0.717) is 0 Å². The van der Waals surface area contributed by atoms with E-state index in [-0.39, 0.29) is 0 Å². The Bertz CT molecular complexity index is 826. The third-order valence-corrected chi connectivity index (χ3v) is 5.69. The van der Waals surface area contributed by atoms with Crippen LogP contribution in [0.5, 0.6) is 0 Å². The van der Waals surface area contributed by atoms with E-state index in [0.717, 1.165) is 0 Å². The zero-order valence-electron chi connectivity index (χ0n) is 11.9. The average Bonchev–Trinajstić information content (AvgIpc) is 2.48. The summed E-state index contributed by atoms with van der Waals surface area (Å²) >= 11 is 2.43. The summed E-state index contributed by atoms with van der Waals surface area (Å²) in [5.74, 6) is 0. The Morgan fingerprint density at radius 1 is 0.591 bits per heavy atom. The second-order valence-electron chi connectivity index (χ2n) is 5.16. The first-order chi connectivity index (χ1) is 10.5. The zero-order chi connectivity index (χ0) is 15.7. The fraction of sp³-hybridized carbons (Fsp3) is 0. The van der Waals surface area contributed by atoms with Gasteiger partial charge in [0.2, 0.25) is 0 Å². The molecule has 0 radical (unpaired) electrons. The quantitative estimate of drug-likeness (QED) is 0.406. The van der Waals surface area contributed by atoms with Crippen LogP contribution in [0.4, 0.5) is 0 Å². The molecule has 3 rings (SSSR count). The molecule has 0 fully saturated rings. The molecule has 0 spiro atoms. The van der Waals surface area contributed by atoms with E-state index in [4.69, 9.17) is 0 Å². The van der Waals surface area contributed by atoms with Crippen molar-refractivity contribution in [3.63, 3.8) is 0 Å². The number of benzene rings is 3. The smallest absolute Gasteiger partial charge is 0.0214 e. The first-order valence-corrected chi connectivity index (χ1v) is 9.66. The third kappa shape index (κ3) is 3.60. The predicted molar refractivity (Wildman–Crippen MR) is 118 cm³/mol. The molecule has 110 valence electrons. The number of halogens is 1. The Morgan fingerprint density at radius 3 is 1.82 bits per heavy atom. The lowest BCUT2D eigenvalue weighted by Gasteiger charge is -2.11. The summed E-state index contributed by atoms with van der Waals surface area (Å²) in [6.07, 6.45) is 0. The van der Waals surface area contributed by atoms with Crippen LogP contribution < -0.4 is 15.9 Å². The Morgan fingerprint density at radius 2 is 1.18 bits per heavy atom. The zero-order valence-corrected chi connectivity index (χ0v) is 17.5. The van der Waals surface area contributed by atoms with Gasteiger partial charge in [-0.25, -0.2) is 0 Å². The molecule has 0 aliphatic carbocycles. The molecule has 0 amide bonds. The molecule has 0 N–H and O–H groups in total. The van der Waals surface area contributed by atoms with Crippen molar-refractivity contribution in [3.8, 4) is 22.3 Å². The lowest BCUT2D eigenvalue weighted by atomic mass is 10.0. The summed E-state index contributed by atoms with van der Waals surface area (Å²) in [6.45, 7) is 0. The molecule has 0 saturated carbocycles. The summed E-state index contributed by atoms with van der Waals surface area (Å²) < 4.78 is 1.27. The van der Waals surface area contributed by atoms with Crippen molar-refractivity contribution in [3.05, 3.63) is 64.2 Å². The Labute approximate surface area is 152 Å². The summed E-state index contributed by atoms with van der Waals surface area (Å²) in [4.78, 5) is 0. The second-order valence-corrected chi connectivity index (χ2v) is 8.28. The van der Waals surface area contributed by atoms with E-state index >= 15 is 0 Å². The van der Waals surface area contributed by atoms with Crippen LogP contribution in [0.25, 0.3) is 22.3 Å². The predicted octanol–water partition coefficient (Wildman–Crippen LogP) is 4.13. The number of rotatable bonds is 2. The highest BCUT2D eigenvalue weighted by Gasteiger charge is 2.07. The second kappa shape index (κ2) is 7.06. The molecule has 4 heteroatoms. The lowest BCUT2D eigenvalue weighted by molar-refractivity contribution is 1.58. The monoisotopic (exact) mass is 452 g/mol. The molecule has 0 aromatic heterocycles. The molecule has 0 nitrogen and oxygen atoms in total. The van der Waals surface area contributed by atoms with Crippen molar-refractivity contribution in [1.29, 1.82) is 0 Å². The molecular formula is C18H16IP3. The van der Waals surface area contributed by atoms with E-state index in [2.05, 4.69) is 111 Å². The van der Waals surface area contributed by atoms with Gasteiger partial charge in [-0.15, -0.1) is 27.7 Å². The van der Waals surface area contributed by atoms with Gasteiger partial charge in [0.15, 0.2) is 0 Å². The molecule has 0 aliphatic heterocycles. The van der Waals surface area contributed by atoms with Crippen molar-refractivity contribution in [1.82, 2.24) is 0 Å². The van der Waals surface area contributed by atoms with Crippen molar-refractivity contribution in [2.75, 3.05) is 0 Å². The fourth-order valence-corrected chi connectivity index (χ4v) is 4.37. The topological polar surface area (TPSA) is 0 Å². The molecule has 0 saturated heterocycles. The summed E-state index contributed by atoms with van der Waals surface area (Å²) in [5.41, 5.74) is 5.06. The van der Waals surface area contributed by atoms with Crippen LogP contribution in [0.1, 0.15) is 0 Å². The van der Waals surface area contributed by atoms with Crippen molar-refractivity contribution >= 4 is 66.2 Å². The van der Waals surface area contributed by atoms with Gasteiger partial charge in [-0.05, 0) is 72.9 Å². The third-order valence-electron chi connectivity index (χ3n) is 3.58. The number of hydrogen-bond donors (Lipinski definition) is 0. The maximum absolute atomic E-state index is 2.83. The van der Waals surface area contributed by atoms with E-state index in [1.165, 1.54) is 41.7 Å². The van der Waals surface area contributed by atoms with Crippen LogP contribution in [0.15, 0.2) is 60.7 Å². The molecule has 3 unspecified atom stereocenters. The van der Waals surface area contributed by atoms with Crippen LogP contribution in [0, 0.1) is 3.57 Å². The average molecular weight is 452 g/mol. The molecule has 3 aromatic rings. The highest BCUT2D eigenvalue weighted by Crippen LogP contribution is 2.29. The molecule has 0 bridgehead atoms. The van der Waals surface area contributed by atoms with Crippen molar-refractivity contribution < 1.29 is 0 Å². The SMILES string of the molecule is Pc1ccc(-c2ccc(-c3ccc(P)cc3P)cc2I)cc1. The van der Waals surface area contributed by atoms with E-state index < -0.39 is 0 Å². The Hall–Kier alpha value is -0.320. The molecule has 3 aromatic carbocycles. The van der Waals surface area contributed by atoms with Gasteiger partial charge < -0.3 is 0 Å². The van der Waals surface area contributed by atoms with Crippen LogP contribution in [0.3, 0.4) is 0 Å². The van der Waals surface area contributed by atoms with Crippen LogP contribution in [-0.2, 0) is 0 Å². The highest BCUT2D eigenvalue weighted by atomic mass is 127. The fourth-order valence-electron chi connectivity index (χ4n) is 2.42. The van der Waals surface area contributed by atoms with Gasteiger partial charge in [0.1, 0.15) is 0 Å². The van der Waals surface area contributed by atoms with Crippen LogP contribution >= 0.6 is 50.3 Å². The molecule has 0 aliphatic rings. The standard InChI is InChI=1S/C18H16IP3/c19-17-9-12(16-8-6-14(21)10-18(16)22)3-7-15(17)11-1-4-13(20)5-2-11/h1-10H,20-22H2. The first kappa shape index (κ1) is 16.5. The van der Waals surface area contributed by atoms with Gasteiger partial charge in [0.25, 0.3) is 0 Å². The van der Waals surface area contributed by atoms with Gasteiger partial charge in [0, 0.05) is 3.57 Å². The first-order valence-electron chi connectivity index (χ1n) is 6.85. The van der Waals surface area contributed by atoms with Crippen molar-refractivity contribution in [2.45, 2.75) is 0 Å². The summed E-state index contributed by atoms with van der Waals surface area (Å²) in [5, 5.41) is 3.64. The molecular weight excluding hydrogens is 436 g/mol. The summed E-state index contributed by atoms with van der Waals surface area (Å²) in [6, 6.07) is 21.8. The van der Waals surface area contributed by atoms with E-state index in [9.17, 15) is 0 Å². The minimum Gasteiger partial charge on any atom is -0.106 e. The molecule has 0 heterocycles. The van der Waals surface area contributed by atoms with Gasteiger partial charge in [-0.1, -0.05) is 48.5 Å². The van der Waals surface area contributed by atoms with Gasteiger partial charge in [0.05, 0.1) is 0 Å². The molecule has 22 heavy (non-hydrogen) atoms. The summed E-state index contributed by atoms with van der Waals surface area (Å²) in [7, 11) is 8.30. The highest BCUT2D eigenvalue weighted by molar-refractivity contribution is 14.1. The largest absolute Gasteiger partial charge is 0.106 e. The minimum atomic E-state index is 1.21. The Balaban J connectivity index is 2.03. The maximum atomic E-state index is 2.83. The van der Waals surface area contributed by atoms with Gasteiger partial charge in [-0.2, -0.15) is 0 Å². The normalized spacial score (nSPS) is 10.7. The van der Waals surface area contributed by atoms with Crippen LogP contribution in [-0.4, -0.2) is 0 Å². The molecule has 3 atom stereocenters.